The van der Waals surface area contributed by atoms with Crippen LogP contribution in [0.3, 0.4) is 0 Å². The predicted molar refractivity (Wildman–Crippen MR) is 68.6 cm³/mol. The van der Waals surface area contributed by atoms with Crippen molar-refractivity contribution in [1.82, 2.24) is 4.98 Å². The maximum absolute atomic E-state index is 4.55. The highest BCUT2D eigenvalue weighted by molar-refractivity contribution is 5.72. The number of nitrogens with zero attached hydrogens (tertiary/aromatic N) is 1. The summed E-state index contributed by atoms with van der Waals surface area (Å²) < 4.78 is 0. The molecule has 0 spiro atoms. The van der Waals surface area contributed by atoms with Gasteiger partial charge in [-0.2, -0.15) is 0 Å². The number of aromatic nitrogens is 1. The highest BCUT2D eigenvalue weighted by Gasteiger charge is 2.09. The lowest BCUT2D eigenvalue weighted by Gasteiger charge is -2.12. The summed E-state index contributed by atoms with van der Waals surface area (Å²) in [7, 11) is 0. The van der Waals surface area contributed by atoms with Crippen LogP contribution in [0.4, 0.5) is 0 Å². The normalized spacial score (nSPS) is 10.5. The fourth-order valence-corrected chi connectivity index (χ4v) is 2.28. The van der Waals surface area contributed by atoms with Crippen LogP contribution in [0.15, 0.2) is 30.3 Å². The molecule has 0 unspecified atom stereocenters. The van der Waals surface area contributed by atoms with Crippen molar-refractivity contribution >= 4 is 0 Å². The van der Waals surface area contributed by atoms with Crippen LogP contribution in [0.25, 0.3) is 11.1 Å². The Balaban J connectivity index is 2.70. The molecule has 1 aromatic heterocycles. The van der Waals surface area contributed by atoms with E-state index in [1.165, 1.54) is 22.3 Å². The fourth-order valence-electron chi connectivity index (χ4n) is 2.28. The van der Waals surface area contributed by atoms with Crippen LogP contribution in [0.5, 0.6) is 0 Å². The molecule has 2 rings (SSSR count). The maximum atomic E-state index is 4.55. The molecule has 1 heteroatoms. The molecule has 0 atom stereocenters. The zero-order valence-electron chi connectivity index (χ0n) is 10.3. The van der Waals surface area contributed by atoms with E-state index in [-0.39, 0.29) is 0 Å². The van der Waals surface area contributed by atoms with Gasteiger partial charge in [-0.25, -0.2) is 0 Å². The average Bonchev–Trinajstić information content (AvgIpc) is 2.19. The summed E-state index contributed by atoms with van der Waals surface area (Å²) >= 11 is 0. The minimum Gasteiger partial charge on any atom is -0.258 e. The van der Waals surface area contributed by atoms with Crippen molar-refractivity contribution in [2.24, 2.45) is 0 Å². The van der Waals surface area contributed by atoms with Crippen molar-refractivity contribution in [2.45, 2.75) is 27.7 Å². The van der Waals surface area contributed by atoms with E-state index in [2.05, 4.69) is 56.1 Å². The van der Waals surface area contributed by atoms with E-state index < -0.39 is 0 Å². The van der Waals surface area contributed by atoms with Crippen molar-refractivity contribution in [3.63, 3.8) is 0 Å². The quantitative estimate of drug-likeness (QED) is 0.695. The zero-order valence-corrected chi connectivity index (χ0v) is 10.3. The summed E-state index contributed by atoms with van der Waals surface area (Å²) in [6.45, 7) is 8.43. The van der Waals surface area contributed by atoms with Crippen LogP contribution in [-0.2, 0) is 0 Å². The Morgan fingerprint density at radius 3 is 2.19 bits per heavy atom. The van der Waals surface area contributed by atoms with Gasteiger partial charge in [-0.15, -0.1) is 0 Å². The van der Waals surface area contributed by atoms with E-state index in [9.17, 15) is 0 Å². The third-order valence-electron chi connectivity index (χ3n) is 2.94. The van der Waals surface area contributed by atoms with Gasteiger partial charge in [0.2, 0.25) is 0 Å². The first-order valence-corrected chi connectivity index (χ1v) is 5.60. The Kier molecular flexibility index (Phi) is 2.78. The van der Waals surface area contributed by atoms with Gasteiger partial charge in [0.25, 0.3) is 0 Å². The molecule has 82 valence electrons. The van der Waals surface area contributed by atoms with Gasteiger partial charge in [0.1, 0.15) is 0 Å². The molecule has 0 saturated heterocycles. The monoisotopic (exact) mass is 211 g/mol. The molecule has 1 aromatic carbocycles. The molecular weight excluding hydrogens is 194 g/mol. The van der Waals surface area contributed by atoms with Crippen molar-refractivity contribution in [1.29, 1.82) is 0 Å². The fraction of sp³-hybridized carbons (Fsp3) is 0.267. The Bertz CT molecular complexity index is 504. The molecule has 1 nitrogen and oxygen atoms in total. The first-order valence-electron chi connectivity index (χ1n) is 5.60. The van der Waals surface area contributed by atoms with Gasteiger partial charge in [0, 0.05) is 17.0 Å². The van der Waals surface area contributed by atoms with Gasteiger partial charge in [-0.1, -0.05) is 24.3 Å². The first kappa shape index (κ1) is 10.9. The zero-order chi connectivity index (χ0) is 11.7. The van der Waals surface area contributed by atoms with Crippen LogP contribution >= 0.6 is 0 Å². The van der Waals surface area contributed by atoms with Gasteiger partial charge in [-0.05, 0) is 50.5 Å². The van der Waals surface area contributed by atoms with E-state index in [1.54, 1.807) is 0 Å². The van der Waals surface area contributed by atoms with Gasteiger partial charge in [-0.3, -0.25) is 4.98 Å². The third-order valence-corrected chi connectivity index (χ3v) is 2.94. The second-order valence-electron chi connectivity index (χ2n) is 4.36. The van der Waals surface area contributed by atoms with Crippen LogP contribution in [0.2, 0.25) is 0 Å². The highest BCUT2D eigenvalue weighted by Crippen LogP contribution is 2.28. The molecule has 0 amide bonds. The Morgan fingerprint density at radius 1 is 0.875 bits per heavy atom. The molecular formula is C15H17N. The number of hydrogen-bond donors (Lipinski definition) is 0. The minimum absolute atomic E-state index is 1.09. The maximum Gasteiger partial charge on any atom is 0.0456 e. The largest absolute Gasteiger partial charge is 0.258 e. The van der Waals surface area contributed by atoms with E-state index in [4.69, 9.17) is 0 Å². The molecule has 0 aliphatic heterocycles. The molecule has 2 aromatic rings. The van der Waals surface area contributed by atoms with Crippen molar-refractivity contribution in [3.8, 4) is 11.1 Å². The van der Waals surface area contributed by atoms with E-state index in [0.717, 1.165) is 11.4 Å². The summed E-state index contributed by atoms with van der Waals surface area (Å²) in [5.41, 5.74) is 7.39. The molecule has 0 fully saturated rings. The van der Waals surface area contributed by atoms with Gasteiger partial charge in [0.05, 0.1) is 0 Å². The molecule has 0 aliphatic rings. The summed E-state index contributed by atoms with van der Waals surface area (Å²) in [6, 6.07) is 10.6. The molecule has 0 aliphatic carbocycles. The third kappa shape index (κ3) is 1.85. The van der Waals surface area contributed by atoms with Crippen LogP contribution in [0, 0.1) is 27.7 Å². The smallest absolute Gasteiger partial charge is 0.0456 e. The lowest BCUT2D eigenvalue weighted by molar-refractivity contribution is 1.11. The Hall–Kier alpha value is -1.63. The topological polar surface area (TPSA) is 12.9 Å². The Labute approximate surface area is 97.2 Å². The molecule has 16 heavy (non-hydrogen) atoms. The summed E-state index contributed by atoms with van der Waals surface area (Å²) in [4.78, 5) is 4.55. The molecule has 0 N–H and O–H groups in total. The van der Waals surface area contributed by atoms with Crippen LogP contribution < -0.4 is 0 Å². The summed E-state index contributed by atoms with van der Waals surface area (Å²) in [6.07, 6.45) is 0. The SMILES string of the molecule is Cc1cc(C)c(-c2ccccc2C)c(C)n1. The standard InChI is InChI=1S/C15H17N/c1-10-7-5-6-8-14(10)15-11(2)9-12(3)16-13(15)4/h5-9H,1-4H3. The van der Waals surface area contributed by atoms with E-state index in [1.807, 2.05) is 6.92 Å². The molecule has 0 saturated carbocycles. The Morgan fingerprint density at radius 2 is 1.56 bits per heavy atom. The number of hydrogen-bond acceptors (Lipinski definition) is 1. The minimum atomic E-state index is 1.09. The van der Waals surface area contributed by atoms with Crippen molar-refractivity contribution in [2.75, 3.05) is 0 Å². The van der Waals surface area contributed by atoms with Crippen molar-refractivity contribution in [3.05, 3.63) is 52.8 Å². The number of rotatable bonds is 1. The number of pyridine rings is 1. The predicted octanol–water partition coefficient (Wildman–Crippen LogP) is 3.98. The van der Waals surface area contributed by atoms with Gasteiger partial charge >= 0.3 is 0 Å². The molecule has 1 heterocycles. The van der Waals surface area contributed by atoms with Crippen LogP contribution in [0.1, 0.15) is 22.5 Å². The average molecular weight is 211 g/mol. The molecule has 0 bridgehead atoms. The van der Waals surface area contributed by atoms with Crippen molar-refractivity contribution < 1.29 is 0 Å². The number of benzene rings is 1. The lowest BCUT2D eigenvalue weighted by atomic mass is 9.95. The number of aryl methyl sites for hydroxylation is 4. The van der Waals surface area contributed by atoms with Crippen LogP contribution in [-0.4, -0.2) is 4.98 Å². The van der Waals surface area contributed by atoms with E-state index in [0.29, 0.717) is 0 Å². The second-order valence-corrected chi connectivity index (χ2v) is 4.36. The second kappa shape index (κ2) is 4.09. The summed E-state index contributed by atoms with van der Waals surface area (Å²) in [5, 5.41) is 0. The lowest BCUT2D eigenvalue weighted by Crippen LogP contribution is -1.95. The van der Waals surface area contributed by atoms with Gasteiger partial charge in [0.15, 0.2) is 0 Å². The van der Waals surface area contributed by atoms with E-state index >= 15 is 0 Å². The highest BCUT2D eigenvalue weighted by atomic mass is 14.7. The summed E-state index contributed by atoms with van der Waals surface area (Å²) in [5.74, 6) is 0. The molecule has 0 radical (unpaired) electrons. The van der Waals surface area contributed by atoms with Gasteiger partial charge < -0.3 is 0 Å². The first-order chi connectivity index (χ1) is 7.59.